The van der Waals surface area contributed by atoms with E-state index in [1.54, 1.807) is 11.9 Å². The maximum atomic E-state index is 13.6. The Labute approximate surface area is 206 Å². The molecule has 1 aliphatic rings. The van der Waals surface area contributed by atoms with Gasteiger partial charge in [-0.2, -0.15) is 18.3 Å². The van der Waals surface area contributed by atoms with E-state index < -0.39 is 11.9 Å². The predicted octanol–water partition coefficient (Wildman–Crippen LogP) is 3.15. The summed E-state index contributed by atoms with van der Waals surface area (Å²) in [5.41, 5.74) is 5.12. The standard InChI is InChI=1S/C23H29F3N8O2/c1-13(2)34-12-16(22(36-5)33(4)28-3)17-11-31-21-19(32-17)14(10-30-21)15(20(27)23(24,25)26)9-29-8-6-7-18(34)35/h9-11,13H,3,6-8,12,27H2,1-2,4-5H3,(H,30,31)/b20-15+,22-16-,29-9?. The summed E-state index contributed by atoms with van der Waals surface area (Å²) in [6.45, 7) is 7.52. The first-order valence-corrected chi connectivity index (χ1v) is 11.2. The molecule has 13 heteroatoms. The molecule has 194 valence electrons. The third-order valence-electron chi connectivity index (χ3n) is 5.70. The molecule has 2 aromatic heterocycles. The van der Waals surface area contributed by atoms with E-state index in [-0.39, 0.29) is 65.3 Å². The number of allylic oxidation sites excluding steroid dienone is 2. The van der Waals surface area contributed by atoms with Gasteiger partial charge in [0, 0.05) is 56.3 Å². The third kappa shape index (κ3) is 5.50. The van der Waals surface area contributed by atoms with Crippen molar-refractivity contribution < 1.29 is 22.7 Å². The summed E-state index contributed by atoms with van der Waals surface area (Å²) in [4.78, 5) is 30.7. The van der Waals surface area contributed by atoms with E-state index in [0.29, 0.717) is 12.0 Å². The first-order chi connectivity index (χ1) is 17.0. The predicted molar refractivity (Wildman–Crippen MR) is 132 cm³/mol. The number of hydrogen-bond donors (Lipinski definition) is 2. The molecule has 0 aliphatic carbocycles. The van der Waals surface area contributed by atoms with Crippen LogP contribution in [0.15, 0.2) is 34.1 Å². The molecular weight excluding hydrogens is 477 g/mol. The van der Waals surface area contributed by atoms with Crippen LogP contribution in [-0.2, 0) is 9.53 Å². The zero-order chi connectivity index (χ0) is 26.6. The van der Waals surface area contributed by atoms with Crippen molar-refractivity contribution >= 4 is 41.1 Å². The van der Waals surface area contributed by atoms with Crippen LogP contribution in [0.25, 0.3) is 22.3 Å². The molecule has 36 heavy (non-hydrogen) atoms. The molecule has 2 aromatic rings. The average Bonchev–Trinajstić information content (AvgIpc) is 3.24. The minimum absolute atomic E-state index is 0.0934. The van der Waals surface area contributed by atoms with E-state index >= 15 is 0 Å². The molecule has 0 unspecified atom stereocenters. The number of carbonyl (C=O) groups is 1. The Morgan fingerprint density at radius 1 is 1.39 bits per heavy atom. The van der Waals surface area contributed by atoms with Crippen LogP contribution < -0.4 is 5.73 Å². The topological polar surface area (TPSA) is 125 Å². The lowest BCUT2D eigenvalue weighted by Gasteiger charge is -2.29. The average molecular weight is 507 g/mol. The smallest absolute Gasteiger partial charge is 0.431 e. The van der Waals surface area contributed by atoms with Crippen molar-refractivity contribution in [3.05, 3.63) is 35.2 Å². The number of alkyl halides is 3. The van der Waals surface area contributed by atoms with Crippen LogP contribution in [0.4, 0.5) is 13.2 Å². The maximum absolute atomic E-state index is 13.6. The second kappa shape index (κ2) is 10.8. The van der Waals surface area contributed by atoms with Gasteiger partial charge in [0.15, 0.2) is 5.65 Å². The van der Waals surface area contributed by atoms with Crippen LogP contribution in [0, 0.1) is 0 Å². The number of H-pyrrole nitrogens is 1. The number of fused-ring (bicyclic) bond motifs is 1. The minimum Gasteiger partial charge on any atom is -0.481 e. The molecule has 0 saturated heterocycles. The number of nitrogens with two attached hydrogens (primary N) is 1. The molecule has 0 fully saturated rings. The fourth-order valence-electron chi connectivity index (χ4n) is 3.80. The Bertz CT molecular complexity index is 1230. The monoisotopic (exact) mass is 506 g/mol. The number of carbonyl (C=O) groups excluding carboxylic acids is 1. The Morgan fingerprint density at radius 2 is 2.11 bits per heavy atom. The summed E-state index contributed by atoms with van der Waals surface area (Å²) >= 11 is 0. The van der Waals surface area contributed by atoms with Crippen molar-refractivity contribution in [2.75, 3.05) is 27.2 Å². The molecule has 3 N–H and O–H groups in total. The van der Waals surface area contributed by atoms with Crippen LogP contribution in [0.3, 0.4) is 0 Å². The second-order valence-corrected chi connectivity index (χ2v) is 8.39. The summed E-state index contributed by atoms with van der Waals surface area (Å²) in [5, 5.41) is 5.27. The number of nitrogens with one attached hydrogen (secondary N) is 1. The number of amides is 1. The second-order valence-electron chi connectivity index (χ2n) is 8.39. The lowest BCUT2D eigenvalue weighted by Crippen LogP contribution is -2.39. The summed E-state index contributed by atoms with van der Waals surface area (Å²) in [6.07, 6.45) is -0.412. The van der Waals surface area contributed by atoms with E-state index in [1.807, 2.05) is 13.8 Å². The zero-order valence-electron chi connectivity index (χ0n) is 20.6. The van der Waals surface area contributed by atoms with E-state index in [4.69, 9.17) is 10.5 Å². The van der Waals surface area contributed by atoms with E-state index in [0.717, 1.165) is 6.21 Å². The van der Waals surface area contributed by atoms with Crippen LogP contribution in [-0.4, -0.2) is 83.2 Å². The van der Waals surface area contributed by atoms with Crippen molar-refractivity contribution in [2.24, 2.45) is 15.8 Å². The highest BCUT2D eigenvalue weighted by Crippen LogP contribution is 2.32. The molecule has 0 radical (unpaired) electrons. The van der Waals surface area contributed by atoms with E-state index in [9.17, 15) is 18.0 Å². The number of aliphatic imine (C=N–C) groups is 1. The van der Waals surface area contributed by atoms with Gasteiger partial charge >= 0.3 is 6.18 Å². The number of hydrazone groups is 1. The maximum Gasteiger partial charge on any atom is 0.431 e. The van der Waals surface area contributed by atoms with Gasteiger partial charge in [-0.15, -0.1) is 0 Å². The van der Waals surface area contributed by atoms with Crippen molar-refractivity contribution in [3.63, 3.8) is 0 Å². The Balaban J connectivity index is 2.37. The number of nitrogens with zero attached hydrogens (tertiary/aromatic N) is 6. The van der Waals surface area contributed by atoms with Gasteiger partial charge in [-0.1, -0.05) is 0 Å². The van der Waals surface area contributed by atoms with Gasteiger partial charge in [-0.25, -0.2) is 15.0 Å². The first-order valence-electron chi connectivity index (χ1n) is 11.2. The fraction of sp³-hybridized carbons (Fsp3) is 0.435. The van der Waals surface area contributed by atoms with Crippen LogP contribution >= 0.6 is 0 Å². The Morgan fingerprint density at radius 3 is 2.72 bits per heavy atom. The van der Waals surface area contributed by atoms with Gasteiger partial charge in [0.1, 0.15) is 11.2 Å². The van der Waals surface area contributed by atoms with Crippen molar-refractivity contribution in [1.82, 2.24) is 24.9 Å². The lowest BCUT2D eigenvalue weighted by atomic mass is 10.1. The number of aromatic nitrogens is 3. The molecule has 3 rings (SSSR count). The van der Waals surface area contributed by atoms with Gasteiger partial charge in [0.25, 0.3) is 0 Å². The van der Waals surface area contributed by atoms with Crippen LogP contribution in [0.2, 0.25) is 0 Å². The minimum atomic E-state index is -4.79. The number of aromatic amines is 1. The van der Waals surface area contributed by atoms with Gasteiger partial charge < -0.3 is 20.4 Å². The third-order valence-corrected chi connectivity index (χ3v) is 5.70. The molecule has 3 heterocycles. The normalized spacial score (nSPS) is 18.4. The fourth-order valence-corrected chi connectivity index (χ4v) is 3.80. The molecule has 10 nitrogen and oxygen atoms in total. The first kappa shape index (κ1) is 26.7. The molecular formula is C23H29F3N8O2. The van der Waals surface area contributed by atoms with Gasteiger partial charge in [-0.05, 0) is 20.3 Å². The quantitative estimate of drug-likeness (QED) is 0.373. The van der Waals surface area contributed by atoms with Crippen LogP contribution in [0.5, 0.6) is 0 Å². The Kier molecular flexibility index (Phi) is 8.00. The zero-order valence-corrected chi connectivity index (χ0v) is 20.6. The number of halogens is 3. The van der Waals surface area contributed by atoms with Crippen molar-refractivity contribution in [3.8, 4) is 0 Å². The van der Waals surface area contributed by atoms with Gasteiger partial charge in [0.2, 0.25) is 11.8 Å². The lowest BCUT2D eigenvalue weighted by molar-refractivity contribution is -0.132. The largest absolute Gasteiger partial charge is 0.481 e. The number of rotatable bonds is 4. The summed E-state index contributed by atoms with van der Waals surface area (Å²) in [6, 6.07) is -0.162. The van der Waals surface area contributed by atoms with Crippen molar-refractivity contribution in [2.45, 2.75) is 38.9 Å². The highest BCUT2D eigenvalue weighted by atomic mass is 19.4. The van der Waals surface area contributed by atoms with Crippen LogP contribution in [0.1, 0.15) is 37.9 Å². The van der Waals surface area contributed by atoms with Crippen molar-refractivity contribution in [1.29, 1.82) is 0 Å². The molecule has 1 aliphatic heterocycles. The van der Waals surface area contributed by atoms with E-state index in [2.05, 4.69) is 31.8 Å². The molecule has 1 amide bonds. The molecule has 0 saturated carbocycles. The summed E-state index contributed by atoms with van der Waals surface area (Å²) in [5.74, 6) is 0.106. The number of methoxy groups -OCH3 is 1. The number of ether oxygens (including phenoxy) is 1. The summed E-state index contributed by atoms with van der Waals surface area (Å²) < 4.78 is 46.4. The molecule has 2 bridgehead atoms. The highest BCUT2D eigenvalue weighted by Gasteiger charge is 2.35. The molecule has 0 atom stereocenters. The number of hydrogen-bond acceptors (Lipinski definition) is 8. The molecule has 0 aromatic carbocycles. The highest BCUT2D eigenvalue weighted by molar-refractivity contribution is 6.15. The molecule has 0 spiro atoms. The van der Waals surface area contributed by atoms with Gasteiger partial charge in [-0.3, -0.25) is 9.79 Å². The van der Waals surface area contributed by atoms with E-state index in [1.165, 1.54) is 24.5 Å². The van der Waals surface area contributed by atoms with Gasteiger partial charge in [0.05, 0.1) is 31.1 Å². The summed E-state index contributed by atoms with van der Waals surface area (Å²) in [7, 11) is 3.05. The Hall–Kier alpha value is -3.90. The SMILES string of the molecule is C=NN(C)/C(OC)=C1\CN(C(C)C)C(=O)CCCN=C/C(=C(\N)C(F)(F)F)c2c[nH]c3ncc1nc23.